The molecule has 3 atom stereocenters. The molecule has 2 aliphatic carbocycles. The van der Waals surface area contributed by atoms with Crippen molar-refractivity contribution in [2.45, 2.75) is 25.7 Å². The molecule has 0 radical (unpaired) electrons. The number of nitrogens with zero attached hydrogens (tertiary/aromatic N) is 1. The molecule has 84 valence electrons. The number of carbonyl (C=O) groups is 1. The zero-order valence-electron chi connectivity index (χ0n) is 8.99. The smallest absolute Gasteiger partial charge is 0.226 e. The van der Waals surface area contributed by atoms with Gasteiger partial charge in [-0.2, -0.15) is 0 Å². The SMILES string of the molecule is O=C(C1C2CCCC21)N1CCC(CCl)C1. The number of amides is 1. The van der Waals surface area contributed by atoms with Crippen LogP contribution in [0.1, 0.15) is 25.7 Å². The van der Waals surface area contributed by atoms with Gasteiger partial charge in [0, 0.05) is 24.9 Å². The van der Waals surface area contributed by atoms with E-state index in [9.17, 15) is 4.79 Å². The average molecular weight is 228 g/mol. The highest BCUT2D eigenvalue weighted by atomic mass is 35.5. The molecule has 1 aliphatic heterocycles. The van der Waals surface area contributed by atoms with Crippen molar-refractivity contribution >= 4 is 17.5 Å². The summed E-state index contributed by atoms with van der Waals surface area (Å²) < 4.78 is 0. The minimum absolute atomic E-state index is 0.410. The van der Waals surface area contributed by atoms with E-state index in [1.54, 1.807) is 0 Å². The lowest BCUT2D eigenvalue weighted by Gasteiger charge is -2.17. The highest BCUT2D eigenvalue weighted by Crippen LogP contribution is 2.58. The summed E-state index contributed by atoms with van der Waals surface area (Å²) in [6, 6.07) is 0. The van der Waals surface area contributed by atoms with Crippen LogP contribution in [0.15, 0.2) is 0 Å². The Labute approximate surface area is 96.0 Å². The summed E-state index contributed by atoms with van der Waals surface area (Å²) in [5, 5.41) is 0. The van der Waals surface area contributed by atoms with Crippen molar-refractivity contribution < 1.29 is 4.79 Å². The number of rotatable bonds is 2. The molecule has 1 amide bonds. The predicted molar refractivity (Wildman–Crippen MR) is 59.7 cm³/mol. The Kier molecular flexibility index (Phi) is 2.42. The van der Waals surface area contributed by atoms with Crippen LogP contribution in [-0.4, -0.2) is 29.8 Å². The van der Waals surface area contributed by atoms with E-state index in [0.717, 1.165) is 31.3 Å². The third-order valence-corrected chi connectivity index (χ3v) is 4.94. The Hall–Kier alpha value is -0.240. The Balaban J connectivity index is 1.58. The maximum Gasteiger partial charge on any atom is 0.226 e. The van der Waals surface area contributed by atoms with Crippen molar-refractivity contribution in [2.24, 2.45) is 23.7 Å². The van der Waals surface area contributed by atoms with Crippen molar-refractivity contribution in [1.82, 2.24) is 4.90 Å². The van der Waals surface area contributed by atoms with Crippen LogP contribution in [0, 0.1) is 23.7 Å². The summed E-state index contributed by atoms with van der Waals surface area (Å²) in [6.45, 7) is 1.87. The van der Waals surface area contributed by atoms with Crippen LogP contribution in [0.5, 0.6) is 0 Å². The first-order valence-electron chi connectivity index (χ1n) is 6.16. The number of alkyl halides is 1. The van der Waals surface area contributed by atoms with Crippen LogP contribution in [0.2, 0.25) is 0 Å². The van der Waals surface area contributed by atoms with Crippen molar-refractivity contribution in [1.29, 1.82) is 0 Å². The molecule has 2 saturated carbocycles. The van der Waals surface area contributed by atoms with Gasteiger partial charge in [-0.05, 0) is 37.0 Å². The normalized spacial score (nSPS) is 43.1. The molecule has 0 N–H and O–H groups in total. The van der Waals surface area contributed by atoms with Crippen LogP contribution in [-0.2, 0) is 4.79 Å². The number of halogens is 1. The quantitative estimate of drug-likeness (QED) is 0.662. The topological polar surface area (TPSA) is 20.3 Å². The van der Waals surface area contributed by atoms with Gasteiger partial charge in [0.15, 0.2) is 0 Å². The van der Waals surface area contributed by atoms with Crippen molar-refractivity contribution in [3.8, 4) is 0 Å². The molecule has 0 aromatic carbocycles. The van der Waals surface area contributed by atoms with E-state index in [1.807, 2.05) is 0 Å². The van der Waals surface area contributed by atoms with E-state index >= 15 is 0 Å². The molecule has 1 saturated heterocycles. The number of hydrogen-bond donors (Lipinski definition) is 0. The zero-order valence-corrected chi connectivity index (χ0v) is 9.75. The van der Waals surface area contributed by atoms with E-state index in [-0.39, 0.29) is 0 Å². The molecular weight excluding hydrogens is 210 g/mol. The molecular formula is C12H18ClNO. The fourth-order valence-corrected chi connectivity index (χ4v) is 3.81. The number of hydrogen-bond acceptors (Lipinski definition) is 1. The summed E-state index contributed by atoms with van der Waals surface area (Å²) >= 11 is 5.83. The van der Waals surface area contributed by atoms with E-state index in [2.05, 4.69) is 4.90 Å². The standard InChI is InChI=1S/C12H18ClNO/c13-6-8-4-5-14(7-8)12(15)11-9-2-1-3-10(9)11/h8-11H,1-7H2. The molecule has 0 spiro atoms. The Bertz CT molecular complexity index is 271. The van der Waals surface area contributed by atoms with Gasteiger partial charge >= 0.3 is 0 Å². The monoisotopic (exact) mass is 227 g/mol. The zero-order chi connectivity index (χ0) is 10.4. The molecule has 15 heavy (non-hydrogen) atoms. The molecule has 0 aromatic heterocycles. The molecule has 3 fully saturated rings. The molecule has 3 rings (SSSR count). The maximum absolute atomic E-state index is 12.2. The summed E-state index contributed by atoms with van der Waals surface area (Å²) in [7, 11) is 0. The Morgan fingerprint density at radius 3 is 2.60 bits per heavy atom. The molecule has 0 aromatic rings. The van der Waals surface area contributed by atoms with Crippen molar-refractivity contribution in [3.63, 3.8) is 0 Å². The van der Waals surface area contributed by atoms with Crippen LogP contribution in [0.25, 0.3) is 0 Å². The Morgan fingerprint density at radius 1 is 1.27 bits per heavy atom. The summed E-state index contributed by atoms with van der Waals surface area (Å²) in [4.78, 5) is 14.2. The predicted octanol–water partition coefficient (Wildman–Crippen LogP) is 2.12. The summed E-state index contributed by atoms with van der Waals surface area (Å²) in [5.74, 6) is 3.63. The minimum atomic E-state index is 0.410. The van der Waals surface area contributed by atoms with Gasteiger partial charge in [0.1, 0.15) is 0 Å². The van der Waals surface area contributed by atoms with Gasteiger partial charge in [0.25, 0.3) is 0 Å². The third kappa shape index (κ3) is 1.57. The largest absolute Gasteiger partial charge is 0.342 e. The molecule has 1 heterocycles. The molecule has 3 heteroatoms. The third-order valence-electron chi connectivity index (χ3n) is 4.51. The average Bonchev–Trinajstić information content (AvgIpc) is 2.73. The van der Waals surface area contributed by atoms with Crippen molar-refractivity contribution in [3.05, 3.63) is 0 Å². The summed E-state index contributed by atoms with van der Waals surface area (Å²) in [5.41, 5.74) is 0. The van der Waals surface area contributed by atoms with Gasteiger partial charge in [-0.25, -0.2) is 0 Å². The van der Waals surface area contributed by atoms with Crippen molar-refractivity contribution in [2.75, 3.05) is 19.0 Å². The van der Waals surface area contributed by atoms with E-state index < -0.39 is 0 Å². The van der Waals surface area contributed by atoms with E-state index in [0.29, 0.717) is 23.6 Å². The van der Waals surface area contributed by atoms with Gasteiger partial charge in [-0.1, -0.05) is 6.42 Å². The molecule has 3 aliphatic rings. The van der Waals surface area contributed by atoms with Crippen LogP contribution >= 0.6 is 11.6 Å². The van der Waals surface area contributed by atoms with E-state index in [1.165, 1.54) is 19.3 Å². The van der Waals surface area contributed by atoms with Gasteiger partial charge in [0.2, 0.25) is 5.91 Å². The maximum atomic E-state index is 12.2. The highest BCUT2D eigenvalue weighted by molar-refractivity contribution is 6.18. The van der Waals surface area contributed by atoms with Crippen LogP contribution in [0.3, 0.4) is 0 Å². The Morgan fingerprint density at radius 2 is 2.00 bits per heavy atom. The van der Waals surface area contributed by atoms with Gasteiger partial charge in [-0.3, -0.25) is 4.79 Å². The summed E-state index contributed by atoms with van der Waals surface area (Å²) in [6.07, 6.45) is 5.06. The van der Waals surface area contributed by atoms with Gasteiger partial charge in [-0.15, -0.1) is 11.6 Å². The fraction of sp³-hybridized carbons (Fsp3) is 0.917. The first-order valence-corrected chi connectivity index (χ1v) is 6.69. The minimum Gasteiger partial charge on any atom is -0.342 e. The van der Waals surface area contributed by atoms with E-state index in [4.69, 9.17) is 11.6 Å². The van der Waals surface area contributed by atoms with Crippen LogP contribution < -0.4 is 0 Å². The number of likely N-dealkylation sites (tertiary alicyclic amines) is 1. The molecule has 0 bridgehead atoms. The molecule has 3 unspecified atom stereocenters. The second-order valence-corrected chi connectivity index (χ2v) is 5.69. The molecule has 2 nitrogen and oxygen atoms in total. The van der Waals surface area contributed by atoms with Crippen LogP contribution in [0.4, 0.5) is 0 Å². The highest BCUT2D eigenvalue weighted by Gasteiger charge is 2.57. The first kappa shape index (κ1) is 9.95. The van der Waals surface area contributed by atoms with Gasteiger partial charge < -0.3 is 4.90 Å². The van der Waals surface area contributed by atoms with Gasteiger partial charge in [0.05, 0.1) is 0 Å². The lowest BCUT2D eigenvalue weighted by molar-refractivity contribution is -0.132. The first-order chi connectivity index (χ1) is 7.31. The number of fused-ring (bicyclic) bond motifs is 1. The lowest BCUT2D eigenvalue weighted by atomic mass is 10.1. The number of carbonyl (C=O) groups excluding carboxylic acids is 1. The second kappa shape index (κ2) is 3.65. The fourth-order valence-electron chi connectivity index (χ4n) is 3.56. The lowest BCUT2D eigenvalue weighted by Crippen LogP contribution is -2.31. The second-order valence-electron chi connectivity index (χ2n) is 5.38.